The van der Waals surface area contributed by atoms with Gasteiger partial charge in [-0.2, -0.15) is 0 Å². The second kappa shape index (κ2) is 6.12. The van der Waals surface area contributed by atoms with Crippen molar-refractivity contribution < 1.29 is 35.3 Å². The fourth-order valence-electron chi connectivity index (χ4n) is 1.09. The van der Waals surface area contributed by atoms with Crippen LogP contribution in [0.3, 0.4) is 0 Å². The summed E-state index contributed by atoms with van der Waals surface area (Å²) in [6.45, 7) is 1.27. The van der Waals surface area contributed by atoms with Crippen molar-refractivity contribution in [2.45, 2.75) is 13.0 Å². The molecule has 1 atom stereocenters. The molecule has 0 radical (unpaired) electrons. The molecule has 0 unspecified atom stereocenters. The van der Waals surface area contributed by atoms with E-state index in [0.717, 1.165) is 8.93 Å². The molecule has 0 heterocycles. The molecule has 0 bridgehead atoms. The Balaban J connectivity index is 2.87. The van der Waals surface area contributed by atoms with E-state index in [9.17, 15) is 9.59 Å². The Morgan fingerprint density at radius 3 is 2.67 bits per heavy atom. The Bertz CT molecular complexity index is 372. The predicted molar refractivity (Wildman–Crippen MR) is 54.9 cm³/mol. The Kier molecular flexibility index (Phi) is 4.46. The average Bonchev–Trinajstić information content (AvgIpc) is 2.27. The zero-order chi connectivity index (χ0) is 12.0. The number of benzene rings is 1. The second-order valence-corrected chi connectivity index (χ2v) is 4.67. The number of halogens is 1. The van der Waals surface area contributed by atoms with Gasteiger partial charge in [0.2, 0.25) is 0 Å². The average molecular weight is 339 g/mol. The van der Waals surface area contributed by atoms with Gasteiger partial charge >= 0.3 is 105 Å². The van der Waals surface area contributed by atoms with Crippen LogP contribution in [0.15, 0.2) is 30.3 Å². The molecule has 0 aliphatic carbocycles. The Morgan fingerprint density at radius 1 is 1.47 bits per heavy atom. The molecule has 82 valence electrons. The zero-order valence-electron chi connectivity index (χ0n) is 8.98. The van der Waals surface area contributed by atoms with Crippen molar-refractivity contribution in [2.24, 2.45) is 0 Å². The molecule has 0 spiro atoms. The third-order valence-corrected chi connectivity index (χ3v) is 3.34. The summed E-state index contributed by atoms with van der Waals surface area (Å²) in [6, 6.07) is 8.84. The molecule has 0 saturated heterocycles. The Hall–Kier alpha value is -0.560. The van der Waals surface area contributed by atoms with E-state index < -0.39 is 33.1 Å². The fraction of sp³-hybridized carbons (Fsp3) is 0.200. The third kappa shape index (κ3) is 3.83. The SMILES string of the molecule is [3H][I-]SC(=O)[C@@H](OC(C)=O)c1ccccc1. The molecule has 3 nitrogen and oxygen atoms in total. The zero-order valence-corrected chi connectivity index (χ0v) is 10.9. The number of hydrogen-bond donors (Lipinski definition) is 0. The number of ether oxygens (including phenoxy) is 1. The number of rotatable bonds is 4. The van der Waals surface area contributed by atoms with Gasteiger partial charge in [-0.3, -0.25) is 0 Å². The monoisotopic (exact) mass is 339 g/mol. The quantitative estimate of drug-likeness (QED) is 0.508. The molecule has 0 N–H and O–H groups in total. The molecule has 5 heteroatoms. The third-order valence-electron chi connectivity index (χ3n) is 1.68. The molecule has 0 amide bonds. The summed E-state index contributed by atoms with van der Waals surface area (Å²) in [6.07, 6.45) is -0.881. The molecule has 0 aliphatic rings. The van der Waals surface area contributed by atoms with Crippen LogP contribution in [0.5, 0.6) is 0 Å². The molecule has 1 rings (SSSR count). The van der Waals surface area contributed by atoms with Gasteiger partial charge in [0, 0.05) is 0 Å². The first-order valence-corrected chi connectivity index (χ1v) is 7.55. The Labute approximate surface area is 105 Å². The summed E-state index contributed by atoms with van der Waals surface area (Å²) in [5.74, 6) is -0.494. The fourth-order valence-corrected chi connectivity index (χ4v) is 2.04. The van der Waals surface area contributed by atoms with Crippen LogP contribution in [0, 0.1) is 0 Å². The summed E-state index contributed by atoms with van der Waals surface area (Å²) in [7, 11) is 0.937. The van der Waals surface area contributed by atoms with Crippen LogP contribution in [0.25, 0.3) is 0 Å². The van der Waals surface area contributed by atoms with Crippen molar-refractivity contribution in [1.82, 2.24) is 0 Å². The van der Waals surface area contributed by atoms with E-state index in [1.807, 2.05) is 6.07 Å². The van der Waals surface area contributed by atoms with E-state index in [2.05, 4.69) is 0 Å². The van der Waals surface area contributed by atoms with Crippen LogP contribution in [-0.2, 0) is 14.3 Å². The molecular formula is C10H10IO3S-. The van der Waals surface area contributed by atoms with Gasteiger partial charge in [-0.15, -0.1) is 0 Å². The number of esters is 1. The summed E-state index contributed by atoms with van der Waals surface area (Å²) in [5.41, 5.74) is 0.646. The van der Waals surface area contributed by atoms with Crippen LogP contribution in [0.4, 0.5) is 0 Å². The molecular weight excluding hydrogens is 327 g/mol. The van der Waals surface area contributed by atoms with Crippen molar-refractivity contribution in [1.29, 1.82) is 0.594 Å². The molecule has 1 aromatic rings. The van der Waals surface area contributed by atoms with E-state index in [0.29, 0.717) is 5.56 Å². The van der Waals surface area contributed by atoms with E-state index in [1.54, 1.807) is 24.3 Å². The summed E-state index contributed by atoms with van der Waals surface area (Å²) in [5, 5.41) is -0.274. The minimum absolute atomic E-state index is 0.274. The first-order chi connectivity index (χ1) is 7.65. The molecule has 15 heavy (non-hydrogen) atoms. The maximum atomic E-state index is 11.7. The first-order valence-electron chi connectivity index (χ1n) is 4.57. The number of hydrogen-bond acceptors (Lipinski definition) is 4. The van der Waals surface area contributed by atoms with Crippen molar-refractivity contribution >= 4 is 20.0 Å². The van der Waals surface area contributed by atoms with Gasteiger partial charge in [0.05, 0.1) is 0 Å². The summed E-state index contributed by atoms with van der Waals surface area (Å²) >= 11 is -0.958. The van der Waals surface area contributed by atoms with Crippen LogP contribution in [-0.4, -0.2) is 11.7 Å². The standard InChI is InChI=1S/C10H10IO3S/c1-7(12)14-9(10(13)15-11)8-5-3-2-4-6-8/h2-6,9,11H,1H3/q-1/t9-/m0/s1/i11T. The van der Waals surface area contributed by atoms with Gasteiger partial charge in [-0.05, 0) is 0 Å². The van der Waals surface area contributed by atoms with E-state index in [1.165, 1.54) is 6.92 Å². The molecule has 0 fully saturated rings. The Morgan fingerprint density at radius 2 is 2.13 bits per heavy atom. The van der Waals surface area contributed by atoms with Gasteiger partial charge in [0.15, 0.2) is 0 Å². The molecule has 0 saturated carbocycles. The normalized spacial score (nSPS) is 13.0. The van der Waals surface area contributed by atoms with Crippen LogP contribution < -0.4 is 21.0 Å². The van der Waals surface area contributed by atoms with Crippen molar-refractivity contribution in [3.8, 4) is 0 Å². The molecule has 0 aromatic heterocycles. The molecule has 1 aromatic carbocycles. The van der Waals surface area contributed by atoms with Crippen LogP contribution in [0.1, 0.15) is 18.6 Å². The van der Waals surface area contributed by atoms with E-state index in [-0.39, 0.29) is 5.12 Å². The van der Waals surface area contributed by atoms with Gasteiger partial charge in [-0.25, -0.2) is 0 Å². The predicted octanol–water partition coefficient (Wildman–Crippen LogP) is -1.25. The maximum absolute atomic E-state index is 11.7. The number of carbonyl (C=O) groups is 2. The second-order valence-electron chi connectivity index (χ2n) is 2.80. The van der Waals surface area contributed by atoms with Crippen LogP contribution >= 0.6 is 8.93 Å². The van der Waals surface area contributed by atoms with Crippen molar-refractivity contribution in [3.63, 3.8) is 0 Å². The van der Waals surface area contributed by atoms with Crippen molar-refractivity contribution in [2.75, 3.05) is 0 Å². The number of carbonyl (C=O) groups excluding carboxylic acids is 2. The van der Waals surface area contributed by atoms with Gasteiger partial charge in [-0.1, -0.05) is 0 Å². The minimum atomic E-state index is -0.958. The van der Waals surface area contributed by atoms with E-state index in [4.69, 9.17) is 5.33 Å². The van der Waals surface area contributed by atoms with Gasteiger partial charge in [0.1, 0.15) is 0 Å². The van der Waals surface area contributed by atoms with Crippen LogP contribution in [0.2, 0.25) is 0 Å². The first kappa shape index (κ1) is 10.9. The van der Waals surface area contributed by atoms with Gasteiger partial charge < -0.3 is 0 Å². The van der Waals surface area contributed by atoms with Gasteiger partial charge in [0.25, 0.3) is 0 Å². The molecule has 0 aliphatic heterocycles. The summed E-state index contributed by atoms with van der Waals surface area (Å²) in [4.78, 5) is 22.6. The summed E-state index contributed by atoms with van der Waals surface area (Å²) < 4.78 is 12.1. The van der Waals surface area contributed by atoms with Crippen molar-refractivity contribution in [3.05, 3.63) is 35.9 Å². The van der Waals surface area contributed by atoms with E-state index >= 15 is 0 Å². The topological polar surface area (TPSA) is 43.4 Å².